The lowest BCUT2D eigenvalue weighted by Gasteiger charge is -2.33. The van der Waals surface area contributed by atoms with Crippen LogP contribution < -0.4 is 5.32 Å². The molecule has 0 spiro atoms. The fourth-order valence-electron chi connectivity index (χ4n) is 3.28. The Balaban J connectivity index is 1.87. The van der Waals surface area contributed by atoms with Crippen LogP contribution in [0, 0.1) is 5.92 Å². The van der Waals surface area contributed by atoms with Crippen molar-refractivity contribution >= 4 is 5.91 Å². The van der Waals surface area contributed by atoms with Crippen molar-refractivity contribution in [3.8, 4) is 0 Å². The first-order chi connectivity index (χ1) is 9.66. The van der Waals surface area contributed by atoms with Gasteiger partial charge in [-0.2, -0.15) is 0 Å². The first-order valence-electron chi connectivity index (χ1n) is 8.39. The molecule has 0 aromatic heterocycles. The SMILES string of the molecule is CC(C)CCN(C(=O)CN1CCNCC1)C1CCCC1. The summed E-state index contributed by atoms with van der Waals surface area (Å²) < 4.78 is 0. The lowest BCUT2D eigenvalue weighted by Crippen LogP contribution is -2.50. The maximum absolute atomic E-state index is 12.7. The number of nitrogens with one attached hydrogen (secondary N) is 1. The van der Waals surface area contributed by atoms with E-state index in [-0.39, 0.29) is 0 Å². The normalized spacial score (nSPS) is 21.6. The van der Waals surface area contributed by atoms with Crippen LogP contribution in [-0.4, -0.2) is 61.0 Å². The first-order valence-corrected chi connectivity index (χ1v) is 8.39. The maximum Gasteiger partial charge on any atom is 0.236 e. The van der Waals surface area contributed by atoms with Gasteiger partial charge in [0.05, 0.1) is 6.54 Å². The minimum absolute atomic E-state index is 0.361. The van der Waals surface area contributed by atoms with Crippen LogP contribution in [0.1, 0.15) is 46.0 Å². The highest BCUT2D eigenvalue weighted by atomic mass is 16.2. The molecule has 1 amide bonds. The van der Waals surface area contributed by atoms with Gasteiger partial charge in [0.25, 0.3) is 0 Å². The Bertz CT molecular complexity index is 294. The average Bonchev–Trinajstić information content (AvgIpc) is 2.93. The van der Waals surface area contributed by atoms with E-state index in [1.807, 2.05) is 0 Å². The van der Waals surface area contributed by atoms with Crippen LogP contribution in [-0.2, 0) is 4.79 Å². The van der Waals surface area contributed by atoms with Crippen LogP contribution in [0.3, 0.4) is 0 Å². The van der Waals surface area contributed by atoms with E-state index in [9.17, 15) is 4.79 Å². The van der Waals surface area contributed by atoms with Crippen molar-refractivity contribution in [2.24, 2.45) is 5.92 Å². The van der Waals surface area contributed by atoms with Crippen molar-refractivity contribution in [2.45, 2.75) is 52.0 Å². The van der Waals surface area contributed by atoms with Crippen LogP contribution in [0.25, 0.3) is 0 Å². The molecule has 1 heterocycles. The van der Waals surface area contributed by atoms with Crippen molar-refractivity contribution < 1.29 is 4.79 Å². The molecule has 0 atom stereocenters. The molecule has 1 aliphatic heterocycles. The van der Waals surface area contributed by atoms with Crippen molar-refractivity contribution in [3.05, 3.63) is 0 Å². The van der Waals surface area contributed by atoms with Gasteiger partial charge in [-0.15, -0.1) is 0 Å². The van der Waals surface area contributed by atoms with E-state index < -0.39 is 0 Å². The number of rotatable bonds is 6. The van der Waals surface area contributed by atoms with Gasteiger partial charge in [-0.3, -0.25) is 9.69 Å². The highest BCUT2D eigenvalue weighted by Gasteiger charge is 2.27. The highest BCUT2D eigenvalue weighted by molar-refractivity contribution is 5.78. The Kier molecular flexibility index (Phi) is 6.30. The molecule has 0 bridgehead atoms. The average molecular weight is 281 g/mol. The molecular weight excluding hydrogens is 250 g/mol. The first kappa shape index (κ1) is 15.8. The predicted octanol–water partition coefficient (Wildman–Crippen LogP) is 1.71. The summed E-state index contributed by atoms with van der Waals surface area (Å²) in [6.07, 6.45) is 6.15. The molecule has 116 valence electrons. The topological polar surface area (TPSA) is 35.6 Å². The summed E-state index contributed by atoms with van der Waals surface area (Å²) in [6, 6.07) is 0.518. The zero-order valence-corrected chi connectivity index (χ0v) is 13.2. The fourth-order valence-corrected chi connectivity index (χ4v) is 3.28. The van der Waals surface area contributed by atoms with E-state index in [2.05, 4.69) is 29.0 Å². The summed E-state index contributed by atoms with van der Waals surface area (Å²) in [5.74, 6) is 1.03. The Labute approximate surface area is 123 Å². The molecule has 2 aliphatic rings. The zero-order valence-electron chi connectivity index (χ0n) is 13.2. The number of carbonyl (C=O) groups excluding carboxylic acids is 1. The van der Waals surface area contributed by atoms with Crippen LogP contribution in [0.2, 0.25) is 0 Å². The number of nitrogens with zero attached hydrogens (tertiary/aromatic N) is 2. The van der Waals surface area contributed by atoms with Gasteiger partial charge in [0, 0.05) is 38.8 Å². The largest absolute Gasteiger partial charge is 0.339 e. The second-order valence-corrected chi connectivity index (χ2v) is 6.73. The molecule has 2 rings (SSSR count). The van der Waals surface area contributed by atoms with Gasteiger partial charge < -0.3 is 10.2 Å². The number of hydrogen-bond acceptors (Lipinski definition) is 3. The second-order valence-electron chi connectivity index (χ2n) is 6.73. The minimum Gasteiger partial charge on any atom is -0.339 e. The molecule has 1 N–H and O–H groups in total. The van der Waals surface area contributed by atoms with E-state index in [4.69, 9.17) is 0 Å². The van der Waals surface area contributed by atoms with E-state index in [1.54, 1.807) is 0 Å². The fraction of sp³-hybridized carbons (Fsp3) is 0.938. The molecule has 0 unspecified atom stereocenters. The third-order valence-electron chi connectivity index (χ3n) is 4.60. The molecule has 1 saturated heterocycles. The molecule has 20 heavy (non-hydrogen) atoms. The molecule has 4 nitrogen and oxygen atoms in total. The summed E-state index contributed by atoms with van der Waals surface area (Å²) in [7, 11) is 0. The molecule has 1 saturated carbocycles. The lowest BCUT2D eigenvalue weighted by atomic mass is 10.1. The Morgan fingerprint density at radius 2 is 1.90 bits per heavy atom. The van der Waals surface area contributed by atoms with Crippen molar-refractivity contribution in [2.75, 3.05) is 39.3 Å². The third-order valence-corrected chi connectivity index (χ3v) is 4.60. The van der Waals surface area contributed by atoms with Crippen molar-refractivity contribution in [1.82, 2.24) is 15.1 Å². The van der Waals surface area contributed by atoms with Gasteiger partial charge in [-0.25, -0.2) is 0 Å². The zero-order chi connectivity index (χ0) is 14.4. The summed E-state index contributed by atoms with van der Waals surface area (Å²) in [6.45, 7) is 10.1. The lowest BCUT2D eigenvalue weighted by molar-refractivity contribution is -0.135. The predicted molar refractivity (Wildman–Crippen MR) is 82.7 cm³/mol. The summed E-state index contributed by atoms with van der Waals surface area (Å²) in [5.41, 5.74) is 0. The van der Waals surface area contributed by atoms with Gasteiger partial charge >= 0.3 is 0 Å². The number of hydrogen-bond donors (Lipinski definition) is 1. The number of piperazine rings is 1. The third kappa shape index (κ3) is 4.74. The van der Waals surface area contributed by atoms with Gasteiger partial charge in [0.2, 0.25) is 5.91 Å². The maximum atomic E-state index is 12.7. The molecule has 0 radical (unpaired) electrons. The number of carbonyl (C=O) groups is 1. The molecular formula is C16H31N3O. The van der Waals surface area contributed by atoms with E-state index >= 15 is 0 Å². The van der Waals surface area contributed by atoms with Gasteiger partial charge in [0.1, 0.15) is 0 Å². The highest BCUT2D eigenvalue weighted by Crippen LogP contribution is 2.24. The standard InChI is InChI=1S/C16H31N3O/c1-14(2)7-10-19(15-5-3-4-6-15)16(20)13-18-11-8-17-9-12-18/h14-15,17H,3-13H2,1-2H3. The molecule has 0 aromatic carbocycles. The summed E-state index contributed by atoms with van der Waals surface area (Å²) >= 11 is 0. The molecule has 1 aliphatic carbocycles. The van der Waals surface area contributed by atoms with Crippen molar-refractivity contribution in [3.63, 3.8) is 0 Å². The quantitative estimate of drug-likeness (QED) is 0.805. The van der Waals surface area contributed by atoms with Crippen molar-refractivity contribution in [1.29, 1.82) is 0 Å². The molecule has 0 aromatic rings. The molecule has 2 fully saturated rings. The van der Waals surface area contributed by atoms with Crippen LogP contribution in [0.4, 0.5) is 0 Å². The van der Waals surface area contributed by atoms with Crippen LogP contribution in [0.15, 0.2) is 0 Å². The van der Waals surface area contributed by atoms with E-state index in [1.165, 1.54) is 25.7 Å². The summed E-state index contributed by atoms with van der Waals surface area (Å²) in [5, 5.41) is 3.35. The summed E-state index contributed by atoms with van der Waals surface area (Å²) in [4.78, 5) is 17.2. The number of amides is 1. The second kappa shape index (κ2) is 7.99. The van der Waals surface area contributed by atoms with E-state index in [0.29, 0.717) is 24.4 Å². The Morgan fingerprint density at radius 3 is 2.50 bits per heavy atom. The Morgan fingerprint density at radius 1 is 1.25 bits per heavy atom. The van der Waals surface area contributed by atoms with E-state index in [0.717, 1.165) is 39.1 Å². The van der Waals surface area contributed by atoms with Crippen LogP contribution in [0.5, 0.6) is 0 Å². The molecule has 4 heteroatoms. The van der Waals surface area contributed by atoms with Gasteiger partial charge in [-0.1, -0.05) is 26.7 Å². The van der Waals surface area contributed by atoms with Gasteiger partial charge in [-0.05, 0) is 25.2 Å². The van der Waals surface area contributed by atoms with Crippen LogP contribution >= 0.6 is 0 Å². The smallest absolute Gasteiger partial charge is 0.236 e. The minimum atomic E-state index is 0.361. The monoisotopic (exact) mass is 281 g/mol. The van der Waals surface area contributed by atoms with Gasteiger partial charge in [0.15, 0.2) is 0 Å². The Hall–Kier alpha value is -0.610.